The molecule has 1 N–H and O–H groups in total. The molecule has 0 fully saturated rings. The molecule has 122 valence electrons. The van der Waals surface area contributed by atoms with Crippen molar-refractivity contribution >= 4 is 17.0 Å². The van der Waals surface area contributed by atoms with Crippen molar-refractivity contribution in [3.05, 3.63) is 40.2 Å². The minimum Gasteiger partial charge on any atom is -0.489 e. The van der Waals surface area contributed by atoms with Gasteiger partial charge in [-0.25, -0.2) is 4.79 Å². The van der Waals surface area contributed by atoms with Crippen LogP contribution >= 0.6 is 0 Å². The molecule has 0 spiro atoms. The molecule has 3 rings (SSSR count). The molecule has 6 nitrogen and oxygen atoms in total. The maximum absolute atomic E-state index is 12.0. The summed E-state index contributed by atoms with van der Waals surface area (Å²) in [5.41, 5.74) is 1.58. The predicted octanol–water partition coefficient (Wildman–Crippen LogP) is 2.31. The molecule has 1 unspecified atom stereocenters. The molecule has 0 saturated carbocycles. The Hall–Kier alpha value is -2.50. The van der Waals surface area contributed by atoms with Gasteiger partial charge in [-0.1, -0.05) is 6.92 Å². The second-order valence-electron chi connectivity index (χ2n) is 5.77. The minimum absolute atomic E-state index is 0.140. The summed E-state index contributed by atoms with van der Waals surface area (Å²) < 4.78 is 11.3. The van der Waals surface area contributed by atoms with Crippen LogP contribution in [0.1, 0.15) is 18.9 Å². The van der Waals surface area contributed by atoms with Crippen LogP contribution in [0.2, 0.25) is 0 Å². The van der Waals surface area contributed by atoms with Crippen LogP contribution in [0, 0.1) is 0 Å². The number of pyridine rings is 1. The Labute approximate surface area is 134 Å². The molecule has 1 aromatic carbocycles. The summed E-state index contributed by atoms with van der Waals surface area (Å²) >= 11 is 0. The molecule has 0 aliphatic carbocycles. The van der Waals surface area contributed by atoms with Crippen LogP contribution < -0.4 is 10.3 Å². The molecule has 0 radical (unpaired) electrons. The van der Waals surface area contributed by atoms with E-state index in [0.29, 0.717) is 19.6 Å². The molecule has 1 amide bonds. The van der Waals surface area contributed by atoms with Gasteiger partial charge in [0.2, 0.25) is 5.56 Å². The van der Waals surface area contributed by atoms with E-state index >= 15 is 0 Å². The zero-order valence-corrected chi connectivity index (χ0v) is 13.3. The first-order valence-corrected chi connectivity index (χ1v) is 7.78. The van der Waals surface area contributed by atoms with Crippen molar-refractivity contribution in [3.8, 4) is 5.75 Å². The Morgan fingerprint density at radius 1 is 1.39 bits per heavy atom. The smallest absolute Gasteiger partial charge is 0.409 e. The van der Waals surface area contributed by atoms with Crippen molar-refractivity contribution in [1.29, 1.82) is 0 Å². The largest absolute Gasteiger partial charge is 0.489 e. The van der Waals surface area contributed by atoms with Gasteiger partial charge in [0.05, 0.1) is 0 Å². The Bertz CT molecular complexity index is 784. The highest BCUT2D eigenvalue weighted by Crippen LogP contribution is 2.31. The third kappa shape index (κ3) is 3.16. The normalized spacial score (nSPS) is 16.5. The molecule has 1 aromatic heterocycles. The highest BCUT2D eigenvalue weighted by Gasteiger charge is 2.26. The van der Waals surface area contributed by atoms with Gasteiger partial charge < -0.3 is 19.4 Å². The Morgan fingerprint density at radius 3 is 3.00 bits per heavy atom. The highest BCUT2D eigenvalue weighted by atomic mass is 16.6. The Balaban J connectivity index is 1.82. The van der Waals surface area contributed by atoms with E-state index in [1.165, 1.54) is 6.07 Å². The molecule has 1 aliphatic heterocycles. The summed E-state index contributed by atoms with van der Waals surface area (Å²) in [7, 11) is 1.73. The van der Waals surface area contributed by atoms with Crippen molar-refractivity contribution in [2.75, 3.05) is 20.2 Å². The lowest BCUT2D eigenvalue weighted by Crippen LogP contribution is -2.36. The molecule has 0 saturated heterocycles. The number of amides is 1. The van der Waals surface area contributed by atoms with Crippen LogP contribution in [0.3, 0.4) is 0 Å². The van der Waals surface area contributed by atoms with Gasteiger partial charge >= 0.3 is 6.09 Å². The highest BCUT2D eigenvalue weighted by molar-refractivity contribution is 5.84. The van der Waals surface area contributed by atoms with Gasteiger partial charge in [0, 0.05) is 42.5 Å². The van der Waals surface area contributed by atoms with E-state index in [0.717, 1.165) is 28.6 Å². The average molecular weight is 316 g/mol. The molecule has 2 heterocycles. The number of benzene rings is 1. The number of aromatic amines is 1. The lowest BCUT2D eigenvalue weighted by Gasteiger charge is -2.28. The summed E-state index contributed by atoms with van der Waals surface area (Å²) in [5, 5.41) is 0.921. The van der Waals surface area contributed by atoms with Crippen LogP contribution in [0.5, 0.6) is 5.75 Å². The van der Waals surface area contributed by atoms with E-state index in [2.05, 4.69) is 4.98 Å². The summed E-state index contributed by atoms with van der Waals surface area (Å²) in [5.74, 6) is 0.777. The fourth-order valence-electron chi connectivity index (χ4n) is 2.83. The van der Waals surface area contributed by atoms with E-state index in [4.69, 9.17) is 9.47 Å². The quantitative estimate of drug-likeness (QED) is 0.943. The van der Waals surface area contributed by atoms with Gasteiger partial charge in [-0.15, -0.1) is 0 Å². The SMILES string of the molecule is CCCN(C)C(=O)OC1COc2ccc3[nH]c(=O)ccc3c2C1. The summed E-state index contributed by atoms with van der Waals surface area (Å²) in [4.78, 5) is 27.8. The number of hydrogen-bond donors (Lipinski definition) is 1. The molecule has 1 atom stereocenters. The van der Waals surface area contributed by atoms with E-state index in [-0.39, 0.29) is 17.8 Å². The van der Waals surface area contributed by atoms with Crippen molar-refractivity contribution < 1.29 is 14.3 Å². The second kappa shape index (κ2) is 6.32. The standard InChI is InChI=1S/C17H20N2O4/c1-3-8-19(2)17(21)23-11-9-13-12-4-7-16(20)18-14(12)5-6-15(13)22-10-11/h4-7,11H,3,8-10H2,1-2H3,(H,18,20). The number of nitrogens with zero attached hydrogens (tertiary/aromatic N) is 1. The molecule has 1 aliphatic rings. The molecule has 0 bridgehead atoms. The second-order valence-corrected chi connectivity index (χ2v) is 5.77. The van der Waals surface area contributed by atoms with E-state index in [1.54, 1.807) is 18.0 Å². The monoisotopic (exact) mass is 316 g/mol. The fraction of sp³-hybridized carbons (Fsp3) is 0.412. The summed E-state index contributed by atoms with van der Waals surface area (Å²) in [6.45, 7) is 3.01. The lowest BCUT2D eigenvalue weighted by molar-refractivity contribution is 0.0365. The van der Waals surface area contributed by atoms with Crippen molar-refractivity contribution in [2.24, 2.45) is 0 Å². The molecule has 6 heteroatoms. The van der Waals surface area contributed by atoms with Gasteiger partial charge in [0.25, 0.3) is 0 Å². The van der Waals surface area contributed by atoms with Gasteiger partial charge in [-0.05, 0) is 24.6 Å². The van der Waals surface area contributed by atoms with Gasteiger partial charge in [0.1, 0.15) is 18.5 Å². The molecule has 23 heavy (non-hydrogen) atoms. The predicted molar refractivity (Wildman–Crippen MR) is 87.0 cm³/mol. The first-order valence-electron chi connectivity index (χ1n) is 7.78. The van der Waals surface area contributed by atoms with Gasteiger partial charge in [-0.3, -0.25) is 4.79 Å². The number of ether oxygens (including phenoxy) is 2. The lowest BCUT2D eigenvalue weighted by atomic mass is 9.99. The van der Waals surface area contributed by atoms with Crippen LogP contribution in [0.15, 0.2) is 29.1 Å². The van der Waals surface area contributed by atoms with Crippen molar-refractivity contribution in [2.45, 2.75) is 25.9 Å². The first-order chi connectivity index (χ1) is 11.1. The maximum Gasteiger partial charge on any atom is 0.409 e. The van der Waals surface area contributed by atoms with Crippen molar-refractivity contribution in [1.82, 2.24) is 9.88 Å². The number of aromatic nitrogens is 1. The topological polar surface area (TPSA) is 71.6 Å². The minimum atomic E-state index is -0.336. The fourth-order valence-corrected chi connectivity index (χ4v) is 2.83. The number of hydrogen-bond acceptors (Lipinski definition) is 4. The number of nitrogens with one attached hydrogen (secondary N) is 1. The Morgan fingerprint density at radius 2 is 2.22 bits per heavy atom. The number of rotatable bonds is 3. The molecular formula is C17H20N2O4. The van der Waals surface area contributed by atoms with E-state index in [9.17, 15) is 9.59 Å². The van der Waals surface area contributed by atoms with Crippen LogP contribution in [-0.4, -0.2) is 42.3 Å². The summed E-state index contributed by atoms with van der Waals surface area (Å²) in [6.07, 6.45) is 0.794. The Kier molecular flexibility index (Phi) is 4.23. The van der Waals surface area contributed by atoms with Gasteiger partial charge in [-0.2, -0.15) is 0 Å². The number of carbonyl (C=O) groups excluding carboxylic acids is 1. The molecule has 2 aromatic rings. The number of H-pyrrole nitrogens is 1. The summed E-state index contributed by atoms with van der Waals surface area (Å²) in [6, 6.07) is 6.95. The van der Waals surface area contributed by atoms with E-state index in [1.807, 2.05) is 19.1 Å². The third-order valence-corrected chi connectivity index (χ3v) is 3.97. The third-order valence-electron chi connectivity index (χ3n) is 3.97. The van der Waals surface area contributed by atoms with Gasteiger partial charge in [0.15, 0.2) is 0 Å². The number of fused-ring (bicyclic) bond motifs is 3. The van der Waals surface area contributed by atoms with Crippen LogP contribution in [0.25, 0.3) is 10.9 Å². The van der Waals surface area contributed by atoms with Crippen LogP contribution in [0.4, 0.5) is 4.79 Å². The van der Waals surface area contributed by atoms with E-state index < -0.39 is 0 Å². The first kappa shape index (κ1) is 15.4. The molecular weight excluding hydrogens is 296 g/mol. The zero-order chi connectivity index (χ0) is 16.4. The maximum atomic E-state index is 12.0. The van der Waals surface area contributed by atoms with Crippen LogP contribution in [-0.2, 0) is 11.2 Å². The average Bonchev–Trinajstić information content (AvgIpc) is 2.54. The number of carbonyl (C=O) groups is 1. The van der Waals surface area contributed by atoms with Crippen molar-refractivity contribution in [3.63, 3.8) is 0 Å². The zero-order valence-electron chi connectivity index (χ0n) is 13.3.